The van der Waals surface area contributed by atoms with E-state index in [9.17, 15) is 9.59 Å². The van der Waals surface area contributed by atoms with Gasteiger partial charge in [-0.25, -0.2) is 0 Å². The summed E-state index contributed by atoms with van der Waals surface area (Å²) in [6.07, 6.45) is 1.09. The molecule has 0 aromatic carbocycles. The van der Waals surface area contributed by atoms with Gasteiger partial charge < -0.3 is 14.3 Å². The Morgan fingerprint density at radius 2 is 1.73 bits per heavy atom. The lowest BCUT2D eigenvalue weighted by atomic mass is 10.1. The minimum Gasteiger partial charge on any atom is -0.361 e. The van der Waals surface area contributed by atoms with E-state index in [2.05, 4.69) is 15.4 Å². The zero-order valence-corrected chi connectivity index (χ0v) is 15.8. The van der Waals surface area contributed by atoms with Crippen LogP contribution >= 0.6 is 0 Å². The van der Waals surface area contributed by atoms with Gasteiger partial charge in [0.15, 0.2) is 0 Å². The number of nitrogens with one attached hydrogen (secondary N) is 1. The second-order valence-corrected chi connectivity index (χ2v) is 6.82. The molecule has 3 rings (SSSR count). The van der Waals surface area contributed by atoms with Gasteiger partial charge in [0.2, 0.25) is 5.91 Å². The van der Waals surface area contributed by atoms with Crippen molar-refractivity contribution < 1.29 is 14.1 Å². The number of carbonyl (C=O) groups excluding carboxylic acids is 2. The molecule has 0 atom stereocenters. The lowest BCUT2D eigenvalue weighted by molar-refractivity contribution is -0.130. The van der Waals surface area contributed by atoms with E-state index in [1.807, 2.05) is 18.7 Å². The SMILES string of the molecule is Cc1n[nH]c(C)c1CC(=O)N1CCCN(C(=O)c2c(C)noc2C)CC1. The third-order valence-electron chi connectivity index (χ3n) is 4.99. The van der Waals surface area contributed by atoms with Crippen LogP contribution in [0, 0.1) is 27.7 Å². The lowest BCUT2D eigenvalue weighted by Crippen LogP contribution is -2.38. The van der Waals surface area contributed by atoms with Crippen molar-refractivity contribution >= 4 is 11.8 Å². The predicted molar refractivity (Wildman–Crippen MR) is 94.8 cm³/mol. The number of aromatic nitrogens is 3. The number of carbonyl (C=O) groups is 2. The molecule has 2 amide bonds. The maximum atomic E-state index is 12.8. The van der Waals surface area contributed by atoms with Gasteiger partial charge >= 0.3 is 0 Å². The molecule has 1 fully saturated rings. The van der Waals surface area contributed by atoms with Crippen molar-refractivity contribution in [3.63, 3.8) is 0 Å². The fraction of sp³-hybridized carbons (Fsp3) is 0.556. The second-order valence-electron chi connectivity index (χ2n) is 6.82. The highest BCUT2D eigenvalue weighted by Gasteiger charge is 2.27. The molecule has 140 valence electrons. The molecular weight excluding hydrogens is 334 g/mol. The number of nitrogens with zero attached hydrogens (tertiary/aromatic N) is 4. The van der Waals surface area contributed by atoms with Crippen LogP contribution in [0.25, 0.3) is 0 Å². The largest absolute Gasteiger partial charge is 0.361 e. The van der Waals surface area contributed by atoms with Gasteiger partial charge in [0.1, 0.15) is 11.3 Å². The van der Waals surface area contributed by atoms with Crippen LogP contribution in [0.2, 0.25) is 0 Å². The van der Waals surface area contributed by atoms with E-state index in [0.717, 1.165) is 23.4 Å². The van der Waals surface area contributed by atoms with E-state index >= 15 is 0 Å². The van der Waals surface area contributed by atoms with Crippen LogP contribution in [0.4, 0.5) is 0 Å². The van der Waals surface area contributed by atoms with Gasteiger partial charge in [-0.05, 0) is 34.1 Å². The zero-order valence-electron chi connectivity index (χ0n) is 15.8. The minimum atomic E-state index is -0.0722. The number of aryl methyl sites for hydroxylation is 4. The Morgan fingerprint density at radius 3 is 2.35 bits per heavy atom. The van der Waals surface area contributed by atoms with Crippen LogP contribution in [-0.4, -0.2) is 63.1 Å². The lowest BCUT2D eigenvalue weighted by Gasteiger charge is -2.22. The average Bonchev–Trinajstić information content (AvgIpc) is 2.99. The molecule has 8 nitrogen and oxygen atoms in total. The van der Waals surface area contributed by atoms with Crippen molar-refractivity contribution in [1.29, 1.82) is 0 Å². The highest BCUT2D eigenvalue weighted by atomic mass is 16.5. The van der Waals surface area contributed by atoms with Gasteiger partial charge in [0.05, 0.1) is 17.8 Å². The Hall–Kier alpha value is -2.64. The molecule has 2 aromatic heterocycles. The van der Waals surface area contributed by atoms with E-state index in [1.54, 1.807) is 18.7 Å². The van der Waals surface area contributed by atoms with E-state index in [0.29, 0.717) is 49.6 Å². The van der Waals surface area contributed by atoms with Gasteiger partial charge in [0, 0.05) is 37.4 Å². The summed E-state index contributed by atoms with van der Waals surface area (Å²) < 4.78 is 5.11. The molecule has 0 aliphatic carbocycles. The monoisotopic (exact) mass is 359 g/mol. The molecule has 1 aliphatic heterocycles. The van der Waals surface area contributed by atoms with Crippen LogP contribution in [-0.2, 0) is 11.2 Å². The molecule has 0 radical (unpaired) electrons. The minimum absolute atomic E-state index is 0.0722. The third kappa shape index (κ3) is 3.49. The van der Waals surface area contributed by atoms with Gasteiger partial charge in [-0.1, -0.05) is 5.16 Å². The summed E-state index contributed by atoms with van der Waals surface area (Å²) in [5.74, 6) is 0.539. The molecule has 1 N–H and O–H groups in total. The van der Waals surface area contributed by atoms with Gasteiger partial charge in [-0.3, -0.25) is 14.7 Å². The molecule has 2 aromatic rings. The number of aromatic amines is 1. The number of H-pyrrole nitrogens is 1. The summed E-state index contributed by atoms with van der Waals surface area (Å²) >= 11 is 0. The van der Waals surface area contributed by atoms with Gasteiger partial charge in [0.25, 0.3) is 5.91 Å². The summed E-state index contributed by atoms with van der Waals surface area (Å²) in [6.45, 7) is 9.66. The molecule has 8 heteroatoms. The van der Waals surface area contributed by atoms with Crippen LogP contribution in [0.3, 0.4) is 0 Å². The van der Waals surface area contributed by atoms with E-state index in [4.69, 9.17) is 4.52 Å². The van der Waals surface area contributed by atoms with Crippen molar-refractivity contribution in [2.45, 2.75) is 40.5 Å². The summed E-state index contributed by atoms with van der Waals surface area (Å²) in [6, 6.07) is 0. The van der Waals surface area contributed by atoms with E-state index in [-0.39, 0.29) is 11.8 Å². The first-order chi connectivity index (χ1) is 12.4. The summed E-state index contributed by atoms with van der Waals surface area (Å²) in [5, 5.41) is 10.9. The third-order valence-corrected chi connectivity index (χ3v) is 4.99. The molecular formula is C18H25N5O3. The zero-order chi connectivity index (χ0) is 18.8. The summed E-state index contributed by atoms with van der Waals surface area (Å²) in [5.41, 5.74) is 3.90. The first-order valence-electron chi connectivity index (χ1n) is 8.88. The highest BCUT2D eigenvalue weighted by molar-refractivity contribution is 5.96. The van der Waals surface area contributed by atoms with E-state index < -0.39 is 0 Å². The smallest absolute Gasteiger partial charge is 0.259 e. The Labute approximate surface area is 152 Å². The molecule has 1 saturated heterocycles. The topological polar surface area (TPSA) is 95.3 Å². The van der Waals surface area contributed by atoms with Crippen molar-refractivity contribution in [3.05, 3.63) is 34.0 Å². The van der Waals surface area contributed by atoms with Gasteiger partial charge in [-0.15, -0.1) is 0 Å². The van der Waals surface area contributed by atoms with Crippen LogP contribution in [0.1, 0.15) is 45.2 Å². The second kappa shape index (κ2) is 7.31. The van der Waals surface area contributed by atoms with Crippen LogP contribution in [0.5, 0.6) is 0 Å². The maximum absolute atomic E-state index is 12.8. The van der Waals surface area contributed by atoms with Crippen LogP contribution in [0.15, 0.2) is 4.52 Å². The molecule has 1 aliphatic rings. The van der Waals surface area contributed by atoms with Crippen molar-refractivity contribution in [3.8, 4) is 0 Å². The molecule has 0 bridgehead atoms. The van der Waals surface area contributed by atoms with Crippen molar-refractivity contribution in [2.75, 3.05) is 26.2 Å². The molecule has 3 heterocycles. The van der Waals surface area contributed by atoms with Crippen molar-refractivity contribution in [2.24, 2.45) is 0 Å². The Morgan fingerprint density at radius 1 is 1.04 bits per heavy atom. The number of hydrogen-bond donors (Lipinski definition) is 1. The quantitative estimate of drug-likeness (QED) is 0.897. The summed E-state index contributed by atoms with van der Waals surface area (Å²) in [4.78, 5) is 29.1. The first kappa shape index (κ1) is 18.2. The maximum Gasteiger partial charge on any atom is 0.259 e. The van der Waals surface area contributed by atoms with Crippen LogP contribution < -0.4 is 0 Å². The molecule has 26 heavy (non-hydrogen) atoms. The highest BCUT2D eigenvalue weighted by Crippen LogP contribution is 2.17. The number of hydrogen-bond acceptors (Lipinski definition) is 5. The number of amides is 2. The Kier molecular flexibility index (Phi) is 5.11. The number of rotatable bonds is 3. The fourth-order valence-corrected chi connectivity index (χ4v) is 3.41. The molecule has 0 unspecified atom stereocenters. The predicted octanol–water partition coefficient (Wildman–Crippen LogP) is 1.55. The average molecular weight is 359 g/mol. The summed E-state index contributed by atoms with van der Waals surface area (Å²) in [7, 11) is 0. The Balaban J connectivity index is 1.65. The Bertz CT molecular complexity index is 784. The fourth-order valence-electron chi connectivity index (χ4n) is 3.41. The standard InChI is InChI=1S/C18H25N5O3/c1-11-15(12(2)20-19-11)10-16(24)22-6-5-7-23(9-8-22)18(25)17-13(3)21-26-14(17)4/h5-10H2,1-4H3,(H,19,20). The van der Waals surface area contributed by atoms with Gasteiger partial charge in [-0.2, -0.15) is 5.10 Å². The normalized spacial score (nSPS) is 15.2. The van der Waals surface area contributed by atoms with E-state index in [1.165, 1.54) is 0 Å². The van der Waals surface area contributed by atoms with Crippen molar-refractivity contribution in [1.82, 2.24) is 25.2 Å². The molecule has 0 spiro atoms. The first-order valence-corrected chi connectivity index (χ1v) is 8.88. The molecule has 0 saturated carbocycles.